The first-order valence-corrected chi connectivity index (χ1v) is 7.00. The molecule has 0 amide bonds. The molecular formula is C14H19Cl2FO. The summed E-state index contributed by atoms with van der Waals surface area (Å²) in [6, 6.07) is 4.99. The molecule has 0 aliphatic rings. The Balaban J connectivity index is 2.98. The molecule has 1 aromatic rings. The van der Waals surface area contributed by atoms with Gasteiger partial charge in [-0.2, -0.15) is 0 Å². The zero-order valence-electron chi connectivity index (χ0n) is 11.0. The summed E-state index contributed by atoms with van der Waals surface area (Å²) >= 11 is 12.1. The third kappa shape index (κ3) is 3.30. The van der Waals surface area contributed by atoms with Crippen molar-refractivity contribution in [3.63, 3.8) is 0 Å². The Labute approximate surface area is 118 Å². The molecule has 18 heavy (non-hydrogen) atoms. The summed E-state index contributed by atoms with van der Waals surface area (Å²) in [6.45, 7) is 4.18. The minimum Gasteiger partial charge on any atom is -0.494 e. The van der Waals surface area contributed by atoms with Crippen molar-refractivity contribution < 1.29 is 9.13 Å². The molecule has 4 heteroatoms. The molecule has 0 heterocycles. The molecular weight excluding hydrogens is 274 g/mol. The van der Waals surface area contributed by atoms with E-state index in [9.17, 15) is 4.39 Å². The van der Waals surface area contributed by atoms with Crippen LogP contribution >= 0.6 is 23.2 Å². The van der Waals surface area contributed by atoms with E-state index in [0.717, 1.165) is 5.56 Å². The summed E-state index contributed by atoms with van der Waals surface area (Å²) in [4.78, 5) is 0. The SMILES string of the molecule is COc1ccc(CC(CCl)(CCl)C(C)C)cc1F. The summed E-state index contributed by atoms with van der Waals surface area (Å²) in [7, 11) is 1.45. The highest BCUT2D eigenvalue weighted by Gasteiger charge is 2.32. The molecule has 0 spiro atoms. The maximum atomic E-state index is 13.6. The fourth-order valence-electron chi connectivity index (χ4n) is 1.87. The van der Waals surface area contributed by atoms with Crippen LogP contribution in [0.2, 0.25) is 0 Å². The number of hydrogen-bond acceptors (Lipinski definition) is 1. The van der Waals surface area contributed by atoms with Gasteiger partial charge in [0.15, 0.2) is 11.6 Å². The molecule has 0 bridgehead atoms. The minimum absolute atomic E-state index is 0.204. The lowest BCUT2D eigenvalue weighted by Gasteiger charge is -2.34. The van der Waals surface area contributed by atoms with E-state index in [4.69, 9.17) is 27.9 Å². The Bertz CT molecular complexity index is 389. The van der Waals surface area contributed by atoms with Crippen LogP contribution in [0.3, 0.4) is 0 Å². The van der Waals surface area contributed by atoms with Gasteiger partial charge >= 0.3 is 0 Å². The lowest BCUT2D eigenvalue weighted by atomic mass is 9.76. The van der Waals surface area contributed by atoms with E-state index >= 15 is 0 Å². The van der Waals surface area contributed by atoms with Crippen LogP contribution in [0.5, 0.6) is 5.75 Å². The van der Waals surface area contributed by atoms with Gasteiger partial charge in [-0.25, -0.2) is 4.39 Å². The monoisotopic (exact) mass is 292 g/mol. The summed E-state index contributed by atoms with van der Waals surface area (Å²) in [5, 5.41) is 0. The molecule has 0 aliphatic heterocycles. The largest absolute Gasteiger partial charge is 0.494 e. The van der Waals surface area contributed by atoms with Gasteiger partial charge in [-0.3, -0.25) is 0 Å². The molecule has 0 atom stereocenters. The van der Waals surface area contributed by atoms with E-state index in [-0.39, 0.29) is 17.0 Å². The van der Waals surface area contributed by atoms with Crippen molar-refractivity contribution in [2.45, 2.75) is 20.3 Å². The molecule has 102 valence electrons. The van der Waals surface area contributed by atoms with Crippen LogP contribution in [0.15, 0.2) is 18.2 Å². The number of benzene rings is 1. The molecule has 0 saturated carbocycles. The quantitative estimate of drug-likeness (QED) is 0.702. The van der Waals surface area contributed by atoms with Gasteiger partial charge in [0.05, 0.1) is 7.11 Å². The third-order valence-corrected chi connectivity index (χ3v) is 4.59. The molecule has 0 aromatic heterocycles. The Morgan fingerprint density at radius 1 is 1.28 bits per heavy atom. The summed E-state index contributed by atoms with van der Waals surface area (Å²) in [5.74, 6) is 1.16. The molecule has 1 rings (SSSR count). The zero-order chi connectivity index (χ0) is 13.8. The Hall–Kier alpha value is -0.470. The average Bonchev–Trinajstić information content (AvgIpc) is 2.36. The smallest absolute Gasteiger partial charge is 0.165 e. The highest BCUT2D eigenvalue weighted by Crippen LogP contribution is 2.35. The van der Waals surface area contributed by atoms with Crippen molar-refractivity contribution in [2.24, 2.45) is 11.3 Å². The number of ether oxygens (including phenoxy) is 1. The van der Waals surface area contributed by atoms with Crippen LogP contribution in [0.1, 0.15) is 19.4 Å². The number of hydrogen-bond donors (Lipinski definition) is 0. The normalized spacial score (nSPS) is 11.9. The van der Waals surface area contributed by atoms with E-state index in [1.807, 2.05) is 6.07 Å². The van der Waals surface area contributed by atoms with Gasteiger partial charge in [0.25, 0.3) is 0 Å². The van der Waals surface area contributed by atoms with E-state index in [2.05, 4.69) is 13.8 Å². The van der Waals surface area contributed by atoms with Gasteiger partial charge in [0.2, 0.25) is 0 Å². The maximum absolute atomic E-state index is 13.6. The van der Waals surface area contributed by atoms with Crippen molar-refractivity contribution in [1.29, 1.82) is 0 Å². The van der Waals surface area contributed by atoms with Crippen LogP contribution in [0.4, 0.5) is 4.39 Å². The van der Waals surface area contributed by atoms with Crippen molar-refractivity contribution in [2.75, 3.05) is 18.9 Å². The fourth-order valence-corrected chi connectivity index (χ4v) is 2.96. The van der Waals surface area contributed by atoms with Crippen LogP contribution in [-0.2, 0) is 6.42 Å². The number of alkyl halides is 2. The van der Waals surface area contributed by atoms with Gasteiger partial charge in [-0.15, -0.1) is 23.2 Å². The standard InChI is InChI=1S/C14H19Cl2FO/c1-10(2)14(8-15,9-16)7-11-4-5-13(18-3)12(17)6-11/h4-6,10H,7-9H2,1-3H3. The second-order valence-electron chi connectivity index (χ2n) is 4.93. The van der Waals surface area contributed by atoms with E-state index in [1.165, 1.54) is 13.2 Å². The molecule has 0 N–H and O–H groups in total. The lowest BCUT2D eigenvalue weighted by Crippen LogP contribution is -2.34. The van der Waals surface area contributed by atoms with Gasteiger partial charge in [0.1, 0.15) is 0 Å². The average molecular weight is 293 g/mol. The van der Waals surface area contributed by atoms with Crippen molar-refractivity contribution in [1.82, 2.24) is 0 Å². The van der Waals surface area contributed by atoms with Crippen molar-refractivity contribution in [3.8, 4) is 5.75 Å². The minimum atomic E-state index is -0.350. The summed E-state index contributed by atoms with van der Waals surface area (Å²) < 4.78 is 18.5. The first kappa shape index (κ1) is 15.6. The van der Waals surface area contributed by atoms with Gasteiger partial charge in [0, 0.05) is 17.2 Å². The Kier molecular flexibility index (Phi) is 5.74. The predicted molar refractivity (Wildman–Crippen MR) is 75.4 cm³/mol. The van der Waals surface area contributed by atoms with Crippen LogP contribution in [-0.4, -0.2) is 18.9 Å². The summed E-state index contributed by atoms with van der Waals surface area (Å²) in [5.41, 5.74) is 0.688. The van der Waals surface area contributed by atoms with Gasteiger partial charge in [-0.1, -0.05) is 19.9 Å². The number of rotatable bonds is 6. The topological polar surface area (TPSA) is 9.23 Å². The number of halogens is 3. The lowest BCUT2D eigenvalue weighted by molar-refractivity contribution is 0.258. The molecule has 0 fully saturated rings. The Morgan fingerprint density at radius 3 is 2.28 bits per heavy atom. The number of methoxy groups -OCH3 is 1. The van der Waals surface area contributed by atoms with Gasteiger partial charge in [-0.05, 0) is 30.0 Å². The van der Waals surface area contributed by atoms with Crippen molar-refractivity contribution >= 4 is 23.2 Å². The van der Waals surface area contributed by atoms with Crippen LogP contribution < -0.4 is 4.74 Å². The highest BCUT2D eigenvalue weighted by atomic mass is 35.5. The Morgan fingerprint density at radius 2 is 1.89 bits per heavy atom. The predicted octanol–water partition coefficient (Wildman–Crippen LogP) is 4.50. The molecule has 0 unspecified atom stereocenters. The third-order valence-electron chi connectivity index (χ3n) is 3.53. The second-order valence-corrected chi connectivity index (χ2v) is 5.46. The van der Waals surface area contributed by atoms with E-state index < -0.39 is 0 Å². The first-order valence-electron chi connectivity index (χ1n) is 5.93. The molecule has 1 nitrogen and oxygen atoms in total. The van der Waals surface area contributed by atoms with Crippen LogP contribution in [0.25, 0.3) is 0 Å². The first-order chi connectivity index (χ1) is 8.49. The van der Waals surface area contributed by atoms with Crippen molar-refractivity contribution in [3.05, 3.63) is 29.6 Å². The molecule has 0 saturated heterocycles. The maximum Gasteiger partial charge on any atom is 0.165 e. The summed E-state index contributed by atoms with van der Waals surface area (Å²) in [6.07, 6.45) is 0.665. The highest BCUT2D eigenvalue weighted by molar-refractivity contribution is 6.21. The molecule has 0 aliphatic carbocycles. The fraction of sp³-hybridized carbons (Fsp3) is 0.571. The zero-order valence-corrected chi connectivity index (χ0v) is 12.5. The van der Waals surface area contributed by atoms with E-state index in [0.29, 0.717) is 24.1 Å². The van der Waals surface area contributed by atoms with E-state index in [1.54, 1.807) is 6.07 Å². The van der Waals surface area contributed by atoms with Gasteiger partial charge < -0.3 is 4.74 Å². The molecule has 1 aromatic carbocycles. The van der Waals surface area contributed by atoms with Crippen LogP contribution in [0, 0.1) is 17.2 Å². The second kappa shape index (κ2) is 6.63. The molecule has 0 radical (unpaired) electrons.